The minimum atomic E-state index is 0.946. The Bertz CT molecular complexity index is 3680. The molecule has 0 fully saturated rings. The first kappa shape index (κ1) is 43.6. The SMILES string of the molecule is c1ccc(-c2ccnc3c2ccc2c(-c4ccccc4)ccnc23)cc1.c1ccc(N(c2ccc(-c3ccc(N(c4ccccc4)c4cccc5ccccc45)cc3)cc2)c2cccc3ccccc23)cc1. The molecule has 2 aromatic heterocycles. The number of fused-ring (bicyclic) bond motifs is 5. The van der Waals surface area contributed by atoms with Crippen LogP contribution in [0.5, 0.6) is 0 Å². The van der Waals surface area contributed by atoms with E-state index in [0.29, 0.717) is 0 Å². The lowest BCUT2D eigenvalue weighted by atomic mass is 9.97. The zero-order chi connectivity index (χ0) is 48.1. The normalized spacial score (nSPS) is 11.1. The molecule has 4 nitrogen and oxygen atoms in total. The van der Waals surface area contributed by atoms with Crippen LogP contribution in [-0.2, 0) is 0 Å². The summed E-state index contributed by atoms with van der Waals surface area (Å²) in [5.41, 5.74) is 15.8. The second-order valence-electron chi connectivity index (χ2n) is 17.7. The average Bonchev–Trinajstić information content (AvgIpc) is 3.46. The second-order valence-corrected chi connectivity index (χ2v) is 17.7. The summed E-state index contributed by atoms with van der Waals surface area (Å²) in [6.45, 7) is 0. The van der Waals surface area contributed by atoms with E-state index >= 15 is 0 Å². The lowest BCUT2D eigenvalue weighted by Crippen LogP contribution is -2.10. The van der Waals surface area contributed by atoms with Gasteiger partial charge in [0.25, 0.3) is 0 Å². The highest BCUT2D eigenvalue weighted by Crippen LogP contribution is 2.42. The van der Waals surface area contributed by atoms with Crippen molar-refractivity contribution < 1.29 is 0 Å². The number of pyridine rings is 2. The van der Waals surface area contributed by atoms with Gasteiger partial charge in [0.1, 0.15) is 0 Å². The van der Waals surface area contributed by atoms with Gasteiger partial charge in [0.15, 0.2) is 0 Å². The van der Waals surface area contributed by atoms with Crippen LogP contribution >= 0.6 is 0 Å². The Hall–Kier alpha value is -9.64. The van der Waals surface area contributed by atoms with Gasteiger partial charge >= 0.3 is 0 Å². The maximum atomic E-state index is 4.67. The Kier molecular flexibility index (Phi) is 12.0. The Labute approximate surface area is 420 Å². The highest BCUT2D eigenvalue weighted by atomic mass is 15.1. The number of anilines is 6. The molecule has 0 spiro atoms. The van der Waals surface area contributed by atoms with Gasteiger partial charge in [0.2, 0.25) is 0 Å². The van der Waals surface area contributed by atoms with Gasteiger partial charge < -0.3 is 9.80 Å². The average molecular weight is 921 g/mol. The van der Waals surface area contributed by atoms with E-state index in [2.05, 4.69) is 287 Å². The van der Waals surface area contributed by atoms with Gasteiger partial charge in [-0.25, -0.2) is 0 Å². The largest absolute Gasteiger partial charge is 0.310 e. The molecule has 340 valence electrons. The van der Waals surface area contributed by atoms with Crippen molar-refractivity contribution in [1.82, 2.24) is 9.97 Å². The molecular weight excluding hydrogens is 873 g/mol. The summed E-state index contributed by atoms with van der Waals surface area (Å²) in [6.07, 6.45) is 3.75. The lowest BCUT2D eigenvalue weighted by molar-refractivity contribution is 1.29. The zero-order valence-corrected chi connectivity index (χ0v) is 39.5. The molecule has 0 N–H and O–H groups in total. The Morgan fingerprint density at radius 1 is 0.222 bits per heavy atom. The van der Waals surface area contributed by atoms with Gasteiger partial charge in [-0.1, -0.05) is 206 Å². The first-order valence-electron chi connectivity index (χ1n) is 24.4. The van der Waals surface area contributed by atoms with Crippen LogP contribution in [0.15, 0.2) is 291 Å². The Balaban J connectivity index is 0.000000172. The number of para-hydroxylation sites is 2. The van der Waals surface area contributed by atoms with E-state index in [-0.39, 0.29) is 0 Å². The molecule has 2 heterocycles. The predicted molar refractivity (Wildman–Crippen MR) is 304 cm³/mol. The second kappa shape index (κ2) is 19.8. The van der Waals surface area contributed by atoms with Crippen molar-refractivity contribution in [3.8, 4) is 33.4 Å². The highest BCUT2D eigenvalue weighted by Gasteiger charge is 2.18. The van der Waals surface area contributed by atoms with Crippen molar-refractivity contribution >= 4 is 77.5 Å². The van der Waals surface area contributed by atoms with E-state index in [0.717, 1.165) is 55.9 Å². The van der Waals surface area contributed by atoms with Gasteiger partial charge in [0.05, 0.1) is 22.4 Å². The van der Waals surface area contributed by atoms with Crippen molar-refractivity contribution in [1.29, 1.82) is 0 Å². The van der Waals surface area contributed by atoms with Gasteiger partial charge in [-0.15, -0.1) is 0 Å². The van der Waals surface area contributed by atoms with Crippen molar-refractivity contribution in [2.45, 2.75) is 0 Å². The molecule has 0 saturated carbocycles. The van der Waals surface area contributed by atoms with Crippen molar-refractivity contribution in [2.75, 3.05) is 9.80 Å². The molecule has 0 aliphatic carbocycles. The molecule has 0 unspecified atom stereocenters. The zero-order valence-electron chi connectivity index (χ0n) is 39.5. The molecule has 0 amide bonds. The first-order valence-corrected chi connectivity index (χ1v) is 24.4. The smallest absolute Gasteiger partial charge is 0.0970 e. The van der Waals surface area contributed by atoms with Crippen molar-refractivity contribution in [3.63, 3.8) is 0 Å². The number of benzene rings is 11. The highest BCUT2D eigenvalue weighted by molar-refractivity contribution is 6.11. The third kappa shape index (κ3) is 8.59. The summed E-state index contributed by atoms with van der Waals surface area (Å²) in [5, 5.41) is 7.16. The molecule has 0 saturated heterocycles. The topological polar surface area (TPSA) is 32.3 Å². The molecular formula is C68H48N4. The van der Waals surface area contributed by atoms with Crippen LogP contribution in [0.2, 0.25) is 0 Å². The molecule has 0 bridgehead atoms. The molecule has 0 aliphatic rings. The number of aromatic nitrogens is 2. The van der Waals surface area contributed by atoms with Crippen LogP contribution in [0, 0.1) is 0 Å². The van der Waals surface area contributed by atoms with E-state index in [4.69, 9.17) is 0 Å². The van der Waals surface area contributed by atoms with Gasteiger partial charge in [-0.3, -0.25) is 9.97 Å². The summed E-state index contributed by atoms with van der Waals surface area (Å²) in [4.78, 5) is 14.0. The van der Waals surface area contributed by atoms with Crippen molar-refractivity contribution in [3.05, 3.63) is 291 Å². The molecule has 4 heteroatoms. The number of nitrogens with zero attached hydrogens (tertiary/aromatic N) is 4. The standard InChI is InChI=1S/C44H32N2.C24H16N2/c1-3-17-37(18-4-1)45(43-23-11-15-35-13-7-9-21-41(35)43)39-29-25-33(26-30-39)34-27-31-40(32-28-34)46(38-19-5-2-6-20-38)44-24-12-16-36-14-8-10-22-42(36)44;1-3-7-17(8-4-1)19-13-15-25-23-21(19)11-12-22-20(14-16-26-24(22)23)18-9-5-2-6-10-18/h1-32H;1-16H. The number of hydrogen-bond acceptors (Lipinski definition) is 4. The summed E-state index contributed by atoms with van der Waals surface area (Å²) < 4.78 is 0. The molecule has 72 heavy (non-hydrogen) atoms. The first-order chi connectivity index (χ1) is 35.7. The third-order valence-corrected chi connectivity index (χ3v) is 13.4. The van der Waals surface area contributed by atoms with Crippen LogP contribution < -0.4 is 9.80 Å². The molecule has 13 aromatic rings. The van der Waals surface area contributed by atoms with Crippen LogP contribution in [-0.4, -0.2) is 9.97 Å². The number of rotatable bonds is 9. The van der Waals surface area contributed by atoms with Gasteiger partial charge in [-0.05, 0) is 117 Å². The van der Waals surface area contributed by atoms with Gasteiger partial charge in [0, 0.05) is 56.7 Å². The maximum Gasteiger partial charge on any atom is 0.0970 e. The van der Waals surface area contributed by atoms with Crippen LogP contribution in [0.4, 0.5) is 34.1 Å². The summed E-state index contributed by atoms with van der Waals surface area (Å²) >= 11 is 0. The lowest BCUT2D eigenvalue weighted by Gasteiger charge is -2.27. The summed E-state index contributed by atoms with van der Waals surface area (Å²) in [6, 6.07) is 98.6. The fraction of sp³-hybridized carbons (Fsp3) is 0. The Morgan fingerprint density at radius 3 is 0.958 bits per heavy atom. The van der Waals surface area contributed by atoms with E-state index in [1.807, 2.05) is 24.5 Å². The molecule has 11 aromatic carbocycles. The van der Waals surface area contributed by atoms with E-state index in [1.54, 1.807) is 0 Å². The predicted octanol–water partition coefficient (Wildman–Crippen LogP) is 18.7. The monoisotopic (exact) mass is 920 g/mol. The minimum Gasteiger partial charge on any atom is -0.310 e. The molecule has 13 rings (SSSR count). The fourth-order valence-corrected chi connectivity index (χ4v) is 9.99. The maximum absolute atomic E-state index is 4.67. The van der Waals surface area contributed by atoms with E-state index in [1.165, 1.54) is 54.9 Å². The number of hydrogen-bond donors (Lipinski definition) is 0. The van der Waals surface area contributed by atoms with E-state index in [9.17, 15) is 0 Å². The molecule has 0 atom stereocenters. The van der Waals surface area contributed by atoms with Crippen LogP contribution in [0.1, 0.15) is 0 Å². The minimum absolute atomic E-state index is 0.946. The van der Waals surface area contributed by atoms with E-state index < -0.39 is 0 Å². The fourth-order valence-electron chi connectivity index (χ4n) is 9.99. The Morgan fingerprint density at radius 2 is 0.556 bits per heavy atom. The van der Waals surface area contributed by atoms with Crippen LogP contribution in [0.25, 0.3) is 76.7 Å². The van der Waals surface area contributed by atoms with Crippen molar-refractivity contribution in [2.24, 2.45) is 0 Å². The summed E-state index contributed by atoms with van der Waals surface area (Å²) in [7, 11) is 0. The van der Waals surface area contributed by atoms with Crippen LogP contribution in [0.3, 0.4) is 0 Å². The quantitative estimate of drug-likeness (QED) is 0.135. The third-order valence-electron chi connectivity index (χ3n) is 13.4. The molecule has 0 radical (unpaired) electrons. The molecule has 0 aliphatic heterocycles. The summed E-state index contributed by atoms with van der Waals surface area (Å²) in [5.74, 6) is 0. The van der Waals surface area contributed by atoms with Gasteiger partial charge in [-0.2, -0.15) is 0 Å².